The molecule has 8 nitrogen and oxygen atoms in total. The fraction of sp³-hybridized carbons (Fsp3) is 0.681. The molecule has 1 saturated carbocycles. The third-order valence-corrected chi connectivity index (χ3v) is 13.2. The topological polar surface area (TPSA) is 102 Å². The molecule has 304 valence electrons. The van der Waals surface area contributed by atoms with Crippen LogP contribution in [-0.4, -0.2) is 60.5 Å². The van der Waals surface area contributed by atoms with Gasteiger partial charge in [0.05, 0.1) is 25.2 Å². The van der Waals surface area contributed by atoms with Gasteiger partial charge in [-0.2, -0.15) is 0 Å². The number of piperidine rings is 1. The SMILES string of the molecule is CCCCCCCCCCCCCCCC(=O)OC(OC(C(=O)OC1CC2CCC(C1)[N+]21CCCC1)(c1ccccc1)c1ccccc1)C1CCC1.O=C[O-]. The van der Waals surface area contributed by atoms with Crippen molar-refractivity contribution in [2.75, 3.05) is 13.1 Å². The van der Waals surface area contributed by atoms with Crippen molar-refractivity contribution in [1.29, 1.82) is 0 Å². The summed E-state index contributed by atoms with van der Waals surface area (Å²) in [6.45, 7) is 4.34. The zero-order valence-corrected chi connectivity index (χ0v) is 33.7. The van der Waals surface area contributed by atoms with E-state index in [1.54, 1.807) is 0 Å². The standard InChI is InChI=1S/C46H68NO5.CH2O2/c1-2-3-4-5-6-7-8-9-10-11-12-13-20-30-43(48)51-44(37-24-23-25-37)52-46(38-26-16-14-17-27-38,39-28-18-15-19-29-39)45(49)50-42-35-40-31-32-41(36-42)47(40)33-21-22-34-47;2-1-3/h14-19,26-29,37,40-42,44H,2-13,20-25,30-36H2,1H3;1H,(H,2,3)/q+1;/p-1. The van der Waals surface area contributed by atoms with E-state index in [9.17, 15) is 9.59 Å². The first-order chi connectivity index (χ1) is 27.0. The first-order valence-electron chi connectivity index (χ1n) is 22.1. The molecule has 0 N–H and O–H groups in total. The van der Waals surface area contributed by atoms with Crippen LogP contribution >= 0.6 is 0 Å². The lowest BCUT2D eigenvalue weighted by Crippen LogP contribution is -2.60. The normalized spacial score (nSPS) is 21.9. The van der Waals surface area contributed by atoms with Crippen LogP contribution in [0.1, 0.15) is 166 Å². The van der Waals surface area contributed by atoms with Gasteiger partial charge in [-0.15, -0.1) is 0 Å². The fourth-order valence-electron chi connectivity index (χ4n) is 10.1. The minimum absolute atomic E-state index is 0.0558. The van der Waals surface area contributed by atoms with Crippen LogP contribution in [0.4, 0.5) is 0 Å². The highest BCUT2D eigenvalue weighted by molar-refractivity contribution is 5.86. The van der Waals surface area contributed by atoms with Gasteiger partial charge < -0.3 is 28.6 Å². The van der Waals surface area contributed by atoms with Crippen LogP contribution in [0.5, 0.6) is 0 Å². The van der Waals surface area contributed by atoms with Crippen molar-refractivity contribution in [2.24, 2.45) is 5.92 Å². The summed E-state index contributed by atoms with van der Waals surface area (Å²) in [5, 5.41) is 8.25. The lowest BCUT2D eigenvalue weighted by molar-refractivity contribution is -0.956. The number of carbonyl (C=O) groups excluding carboxylic acids is 3. The second-order valence-corrected chi connectivity index (χ2v) is 16.8. The van der Waals surface area contributed by atoms with Crippen molar-refractivity contribution in [3.63, 3.8) is 0 Å². The summed E-state index contributed by atoms with van der Waals surface area (Å²) in [5.41, 5.74) is -0.121. The average molecular weight is 760 g/mol. The Kier molecular flexibility index (Phi) is 17.5. The smallest absolute Gasteiger partial charge is 0.348 e. The number of quaternary nitrogens is 1. The van der Waals surface area contributed by atoms with Gasteiger partial charge in [0.15, 0.2) is 0 Å². The molecule has 0 radical (unpaired) electrons. The molecule has 3 atom stereocenters. The van der Waals surface area contributed by atoms with Gasteiger partial charge in [-0.25, -0.2) is 4.79 Å². The second-order valence-electron chi connectivity index (χ2n) is 16.8. The first kappa shape index (κ1) is 42.9. The Morgan fingerprint density at radius 1 is 0.727 bits per heavy atom. The van der Waals surface area contributed by atoms with Crippen molar-refractivity contribution >= 4 is 18.4 Å². The molecule has 3 unspecified atom stereocenters. The molecule has 1 spiro atoms. The van der Waals surface area contributed by atoms with Crippen molar-refractivity contribution in [3.8, 4) is 0 Å². The van der Waals surface area contributed by atoms with Crippen LogP contribution in [0, 0.1) is 5.92 Å². The van der Waals surface area contributed by atoms with Gasteiger partial charge in [-0.3, -0.25) is 4.79 Å². The maximum absolute atomic E-state index is 14.9. The van der Waals surface area contributed by atoms with E-state index in [0.717, 1.165) is 51.4 Å². The van der Waals surface area contributed by atoms with E-state index in [1.807, 2.05) is 60.7 Å². The number of ether oxygens (including phenoxy) is 3. The summed E-state index contributed by atoms with van der Waals surface area (Å²) >= 11 is 0. The minimum Gasteiger partial charge on any atom is -0.554 e. The molecule has 2 aromatic rings. The Hall–Kier alpha value is -3.23. The molecule has 8 heteroatoms. The number of hydrogen-bond donors (Lipinski definition) is 0. The number of carbonyl (C=O) groups is 3. The highest BCUT2D eigenvalue weighted by Gasteiger charge is 2.57. The van der Waals surface area contributed by atoms with Gasteiger partial charge in [0.25, 0.3) is 0 Å². The molecular weight excluding hydrogens is 691 g/mol. The molecule has 2 bridgehead atoms. The second kappa shape index (κ2) is 22.5. The molecule has 3 aliphatic heterocycles. The van der Waals surface area contributed by atoms with Crippen LogP contribution in [0.15, 0.2) is 60.7 Å². The van der Waals surface area contributed by atoms with Gasteiger partial charge in [0.2, 0.25) is 11.9 Å². The summed E-state index contributed by atoms with van der Waals surface area (Å²) in [6, 6.07) is 20.7. The Morgan fingerprint density at radius 3 is 1.65 bits per heavy atom. The predicted octanol–water partition coefficient (Wildman–Crippen LogP) is 9.31. The summed E-state index contributed by atoms with van der Waals surface area (Å²) in [5.74, 6) is -0.562. The molecule has 55 heavy (non-hydrogen) atoms. The molecule has 0 amide bonds. The van der Waals surface area contributed by atoms with Gasteiger partial charge >= 0.3 is 11.9 Å². The summed E-state index contributed by atoms with van der Waals surface area (Å²) in [4.78, 5) is 36.6. The molecule has 2 aromatic carbocycles. The molecule has 0 aromatic heterocycles. The number of hydrogen-bond acceptors (Lipinski definition) is 7. The van der Waals surface area contributed by atoms with E-state index in [1.165, 1.54) is 107 Å². The highest BCUT2D eigenvalue weighted by Crippen LogP contribution is 2.48. The summed E-state index contributed by atoms with van der Waals surface area (Å²) in [7, 11) is 0. The molecule has 1 aliphatic carbocycles. The number of unbranched alkanes of at least 4 members (excludes halogenated alkanes) is 12. The number of rotatable bonds is 22. The zero-order valence-electron chi connectivity index (χ0n) is 33.7. The van der Waals surface area contributed by atoms with E-state index in [-0.39, 0.29) is 24.0 Å². The maximum atomic E-state index is 14.9. The Bertz CT molecular complexity index is 1350. The van der Waals surface area contributed by atoms with E-state index in [4.69, 9.17) is 24.1 Å². The Balaban J connectivity index is 0.00000187. The number of nitrogens with zero attached hydrogens (tertiary/aromatic N) is 1. The van der Waals surface area contributed by atoms with Crippen molar-refractivity contribution < 1.29 is 38.2 Å². The van der Waals surface area contributed by atoms with Gasteiger partial charge in [-0.05, 0) is 30.4 Å². The minimum atomic E-state index is -1.55. The number of carboxylic acid groups (broad SMARTS) is 1. The van der Waals surface area contributed by atoms with Crippen LogP contribution < -0.4 is 5.11 Å². The molecule has 4 fully saturated rings. The van der Waals surface area contributed by atoms with Crippen molar-refractivity contribution in [1.82, 2.24) is 0 Å². The largest absolute Gasteiger partial charge is 0.554 e. The van der Waals surface area contributed by atoms with E-state index in [0.29, 0.717) is 29.6 Å². The van der Waals surface area contributed by atoms with Crippen molar-refractivity contribution in [3.05, 3.63) is 71.8 Å². The number of esters is 2. The Morgan fingerprint density at radius 2 is 1.20 bits per heavy atom. The summed E-state index contributed by atoms with van der Waals surface area (Å²) < 4.78 is 21.2. The highest BCUT2D eigenvalue weighted by atomic mass is 16.7. The van der Waals surface area contributed by atoms with E-state index < -0.39 is 18.4 Å². The quantitative estimate of drug-likeness (QED) is 0.0388. The summed E-state index contributed by atoms with van der Waals surface area (Å²) in [6.07, 6.45) is 25.7. The average Bonchev–Trinajstić information content (AvgIpc) is 3.72. The van der Waals surface area contributed by atoms with Crippen LogP contribution in [0.3, 0.4) is 0 Å². The molecule has 3 saturated heterocycles. The Labute approximate surface area is 331 Å². The molecule has 4 aliphatic rings. The van der Waals surface area contributed by atoms with Gasteiger partial charge in [-0.1, -0.05) is 151 Å². The third-order valence-electron chi connectivity index (χ3n) is 13.2. The van der Waals surface area contributed by atoms with Crippen LogP contribution in [0.2, 0.25) is 0 Å². The van der Waals surface area contributed by atoms with Crippen LogP contribution in [0.25, 0.3) is 0 Å². The lowest BCUT2D eigenvalue weighted by Gasteiger charge is -2.47. The zero-order chi connectivity index (χ0) is 38.8. The first-order valence-corrected chi connectivity index (χ1v) is 22.1. The molecule has 3 heterocycles. The van der Waals surface area contributed by atoms with E-state index >= 15 is 0 Å². The van der Waals surface area contributed by atoms with Gasteiger partial charge in [0, 0.05) is 57.3 Å². The lowest BCUT2D eigenvalue weighted by atomic mass is 9.82. The molecular formula is C47H69NO7. The third kappa shape index (κ3) is 11.4. The monoisotopic (exact) mass is 760 g/mol. The number of benzene rings is 2. The van der Waals surface area contributed by atoms with Gasteiger partial charge in [0.1, 0.15) is 6.10 Å². The van der Waals surface area contributed by atoms with Crippen molar-refractivity contribution in [2.45, 2.75) is 185 Å². The van der Waals surface area contributed by atoms with Crippen LogP contribution in [-0.2, 0) is 34.2 Å². The fourth-order valence-corrected chi connectivity index (χ4v) is 10.1. The maximum Gasteiger partial charge on any atom is 0.348 e. The predicted molar refractivity (Wildman–Crippen MR) is 213 cm³/mol. The van der Waals surface area contributed by atoms with E-state index in [2.05, 4.69) is 6.92 Å². The molecule has 6 rings (SSSR count).